The second kappa shape index (κ2) is 8.33. The Morgan fingerprint density at radius 1 is 1.04 bits per heavy atom. The minimum Gasteiger partial charge on any atom is -0.508 e. The van der Waals surface area contributed by atoms with Crippen LogP contribution < -0.4 is 0 Å². The number of ketones is 1. The first kappa shape index (κ1) is 17.7. The number of hydrogen-bond donors (Lipinski definition) is 1. The lowest BCUT2D eigenvalue weighted by Crippen LogP contribution is -2.08. The zero-order valence-corrected chi connectivity index (χ0v) is 14.8. The van der Waals surface area contributed by atoms with Gasteiger partial charge in [-0.3, -0.25) is 4.79 Å². The van der Waals surface area contributed by atoms with Crippen molar-refractivity contribution in [3.63, 3.8) is 0 Å². The Bertz CT molecular complexity index is 696. The second-order valence-corrected chi connectivity index (χ2v) is 7.28. The van der Waals surface area contributed by atoms with E-state index in [0.717, 1.165) is 17.9 Å². The number of aromatic hydroxyl groups is 1. The van der Waals surface area contributed by atoms with Gasteiger partial charge in [-0.05, 0) is 67.5 Å². The number of rotatable bonds is 6. The first-order chi connectivity index (χ1) is 12.1. The Hall–Kier alpha value is -2.09. The van der Waals surface area contributed by atoms with Crippen LogP contribution >= 0.6 is 0 Å². The fraction of sp³-hybridized carbons (Fsp3) is 0.391. The van der Waals surface area contributed by atoms with Gasteiger partial charge in [-0.25, -0.2) is 0 Å². The Balaban J connectivity index is 1.65. The third-order valence-electron chi connectivity index (χ3n) is 5.40. The summed E-state index contributed by atoms with van der Waals surface area (Å²) in [5.74, 6) is 1.25. The van der Waals surface area contributed by atoms with Crippen LogP contribution in [0.3, 0.4) is 0 Å². The Morgan fingerprint density at radius 3 is 2.48 bits per heavy atom. The van der Waals surface area contributed by atoms with Crippen molar-refractivity contribution in [1.29, 1.82) is 0 Å². The zero-order chi connectivity index (χ0) is 17.6. The number of benzene rings is 2. The summed E-state index contributed by atoms with van der Waals surface area (Å²) in [5.41, 5.74) is 2.42. The van der Waals surface area contributed by atoms with E-state index in [9.17, 15) is 9.90 Å². The van der Waals surface area contributed by atoms with Crippen LogP contribution in [0, 0.1) is 12.8 Å². The number of carbonyl (C=O) groups is 1. The highest BCUT2D eigenvalue weighted by Gasteiger charge is 2.16. The van der Waals surface area contributed by atoms with E-state index in [4.69, 9.17) is 0 Å². The second-order valence-electron chi connectivity index (χ2n) is 7.28. The van der Waals surface area contributed by atoms with Gasteiger partial charge in [0, 0.05) is 11.1 Å². The van der Waals surface area contributed by atoms with Crippen LogP contribution in [0.25, 0.3) is 0 Å². The molecule has 1 fully saturated rings. The average molecular weight is 335 g/mol. The summed E-state index contributed by atoms with van der Waals surface area (Å²) in [6, 6.07) is 14.3. The molecule has 0 saturated heterocycles. The molecule has 131 valence electrons. The van der Waals surface area contributed by atoms with E-state index in [2.05, 4.69) is 13.0 Å². The van der Waals surface area contributed by atoms with Gasteiger partial charge in [-0.15, -0.1) is 0 Å². The standard InChI is InChI=1S/C23H27O2/c1-17(10-11-18-6-3-2-4-7-18)20-8-5-9-21(16-20)23(25)19-12-14-22(24)15-13-19/h5,8-9,12-18,24H,1-4,6-7,10-11H2. The summed E-state index contributed by atoms with van der Waals surface area (Å²) in [5, 5.41) is 9.37. The van der Waals surface area contributed by atoms with Crippen LogP contribution in [-0.2, 0) is 0 Å². The number of carbonyl (C=O) groups excluding carboxylic acids is 1. The van der Waals surface area contributed by atoms with Crippen molar-refractivity contribution in [3.05, 3.63) is 72.1 Å². The third kappa shape index (κ3) is 4.72. The third-order valence-corrected chi connectivity index (χ3v) is 5.40. The van der Waals surface area contributed by atoms with E-state index in [1.165, 1.54) is 38.5 Å². The summed E-state index contributed by atoms with van der Waals surface area (Å²) in [4.78, 5) is 12.6. The number of phenols is 1. The van der Waals surface area contributed by atoms with Gasteiger partial charge in [0.05, 0.1) is 0 Å². The van der Waals surface area contributed by atoms with Gasteiger partial charge in [0.15, 0.2) is 5.78 Å². The molecule has 1 atom stereocenters. The van der Waals surface area contributed by atoms with Crippen molar-refractivity contribution >= 4 is 5.78 Å². The topological polar surface area (TPSA) is 37.3 Å². The van der Waals surface area contributed by atoms with E-state index >= 15 is 0 Å². The molecular formula is C23H27O2. The predicted molar refractivity (Wildman–Crippen MR) is 102 cm³/mol. The quantitative estimate of drug-likeness (QED) is 0.667. The summed E-state index contributed by atoms with van der Waals surface area (Å²) in [6.45, 7) is 4.33. The molecule has 0 aliphatic heterocycles. The molecule has 0 spiro atoms. The molecule has 25 heavy (non-hydrogen) atoms. The van der Waals surface area contributed by atoms with Gasteiger partial charge in [0.2, 0.25) is 0 Å². The molecule has 1 radical (unpaired) electrons. The van der Waals surface area contributed by atoms with Gasteiger partial charge >= 0.3 is 0 Å². The normalized spacial score (nSPS) is 16.5. The van der Waals surface area contributed by atoms with E-state index in [1.54, 1.807) is 24.3 Å². The fourth-order valence-electron chi connectivity index (χ4n) is 3.79. The van der Waals surface area contributed by atoms with Crippen molar-refractivity contribution in [2.24, 2.45) is 5.92 Å². The van der Waals surface area contributed by atoms with Crippen LogP contribution in [0.4, 0.5) is 0 Å². The number of phenolic OH excluding ortho intramolecular Hbond substituents is 1. The molecule has 2 nitrogen and oxygen atoms in total. The van der Waals surface area contributed by atoms with E-state index in [1.807, 2.05) is 18.2 Å². The minimum atomic E-state index is -0.0127. The zero-order valence-electron chi connectivity index (χ0n) is 14.8. The Labute approximate surface area is 150 Å². The van der Waals surface area contributed by atoms with Crippen LogP contribution in [-0.4, -0.2) is 10.9 Å². The van der Waals surface area contributed by atoms with E-state index in [0.29, 0.717) is 11.1 Å². The largest absolute Gasteiger partial charge is 0.508 e. The molecule has 0 amide bonds. The molecule has 2 aromatic rings. The van der Waals surface area contributed by atoms with Crippen molar-refractivity contribution in [2.75, 3.05) is 0 Å². The molecule has 0 bridgehead atoms. The molecule has 0 aromatic heterocycles. The average Bonchev–Trinajstić information content (AvgIpc) is 2.67. The smallest absolute Gasteiger partial charge is 0.193 e. The summed E-state index contributed by atoms with van der Waals surface area (Å²) in [6.07, 6.45) is 9.21. The summed E-state index contributed by atoms with van der Waals surface area (Å²) < 4.78 is 0. The molecule has 2 aromatic carbocycles. The van der Waals surface area contributed by atoms with E-state index < -0.39 is 0 Å². The molecule has 1 unspecified atom stereocenters. The molecule has 1 aliphatic rings. The van der Waals surface area contributed by atoms with Gasteiger partial charge in [-0.1, -0.05) is 50.3 Å². The highest BCUT2D eigenvalue weighted by molar-refractivity contribution is 6.09. The van der Waals surface area contributed by atoms with Gasteiger partial charge in [-0.2, -0.15) is 0 Å². The van der Waals surface area contributed by atoms with Gasteiger partial charge < -0.3 is 5.11 Å². The molecule has 1 saturated carbocycles. The Morgan fingerprint density at radius 2 is 1.76 bits per heavy atom. The van der Waals surface area contributed by atoms with Crippen molar-refractivity contribution in [3.8, 4) is 5.75 Å². The van der Waals surface area contributed by atoms with Crippen LogP contribution in [0.1, 0.15) is 72.3 Å². The maximum atomic E-state index is 12.6. The lowest BCUT2D eigenvalue weighted by molar-refractivity contribution is 0.103. The Kier molecular flexibility index (Phi) is 5.91. The maximum absolute atomic E-state index is 12.6. The minimum absolute atomic E-state index is 0.0127. The van der Waals surface area contributed by atoms with Gasteiger partial charge in [0.1, 0.15) is 5.75 Å². The van der Waals surface area contributed by atoms with Crippen LogP contribution in [0.15, 0.2) is 48.5 Å². The molecule has 2 heteroatoms. The monoisotopic (exact) mass is 335 g/mol. The van der Waals surface area contributed by atoms with Crippen molar-refractivity contribution in [1.82, 2.24) is 0 Å². The predicted octanol–water partition coefficient (Wildman–Crippen LogP) is 5.90. The first-order valence-electron chi connectivity index (χ1n) is 9.40. The fourth-order valence-corrected chi connectivity index (χ4v) is 3.79. The highest BCUT2D eigenvalue weighted by Crippen LogP contribution is 2.31. The van der Waals surface area contributed by atoms with E-state index in [-0.39, 0.29) is 17.5 Å². The SMILES string of the molecule is [CH2]C(CCC1CCCCC1)c1cccc(C(=O)c2ccc(O)cc2)c1. The number of hydrogen-bond acceptors (Lipinski definition) is 2. The lowest BCUT2D eigenvalue weighted by Gasteiger charge is -2.23. The molecule has 0 heterocycles. The van der Waals surface area contributed by atoms with Crippen LogP contribution in [0.2, 0.25) is 0 Å². The molecule has 1 aliphatic carbocycles. The van der Waals surface area contributed by atoms with Crippen molar-refractivity contribution in [2.45, 2.75) is 50.9 Å². The summed E-state index contributed by atoms with van der Waals surface area (Å²) in [7, 11) is 0. The lowest BCUT2D eigenvalue weighted by atomic mass is 9.83. The van der Waals surface area contributed by atoms with Crippen molar-refractivity contribution < 1.29 is 9.90 Å². The highest BCUT2D eigenvalue weighted by atomic mass is 16.3. The molecule has 3 rings (SSSR count). The first-order valence-corrected chi connectivity index (χ1v) is 9.40. The summed E-state index contributed by atoms with van der Waals surface area (Å²) >= 11 is 0. The maximum Gasteiger partial charge on any atom is 0.193 e. The molecule has 1 N–H and O–H groups in total. The molecular weight excluding hydrogens is 308 g/mol. The van der Waals surface area contributed by atoms with Crippen LogP contribution in [0.5, 0.6) is 5.75 Å². The van der Waals surface area contributed by atoms with Gasteiger partial charge in [0.25, 0.3) is 0 Å².